The van der Waals surface area contributed by atoms with Crippen LogP contribution in [0.15, 0.2) is 36.4 Å². The van der Waals surface area contributed by atoms with Crippen LogP contribution in [0.5, 0.6) is 0 Å². The Labute approximate surface area is 198 Å². The molecule has 0 radical (unpaired) electrons. The molecule has 0 N–H and O–H groups in total. The summed E-state index contributed by atoms with van der Waals surface area (Å²) in [5.41, 5.74) is 8.55. The fourth-order valence-corrected chi connectivity index (χ4v) is 5.48. The van der Waals surface area contributed by atoms with Crippen LogP contribution in [0.25, 0.3) is 0 Å². The monoisotopic (exact) mass is 483 g/mol. The molecule has 2 aromatic rings. The summed E-state index contributed by atoms with van der Waals surface area (Å²) in [6, 6.07) is 13.7. The van der Waals surface area contributed by atoms with Crippen LogP contribution >= 0.6 is 15.9 Å². The van der Waals surface area contributed by atoms with E-state index in [0.29, 0.717) is 23.7 Å². The first-order valence-electron chi connectivity index (χ1n) is 12.0. The molecule has 3 heteroatoms. The molecular weight excluding hydrogens is 444 g/mol. The summed E-state index contributed by atoms with van der Waals surface area (Å²) in [6.45, 7) is 20.6. The van der Waals surface area contributed by atoms with Crippen molar-refractivity contribution in [1.82, 2.24) is 0 Å². The molecule has 0 spiro atoms. The highest BCUT2D eigenvalue weighted by atomic mass is 79.9. The second kappa shape index (κ2) is 9.90. The second-order valence-electron chi connectivity index (χ2n) is 10.1. The summed E-state index contributed by atoms with van der Waals surface area (Å²) in [5.74, 6) is 1.94. The van der Waals surface area contributed by atoms with E-state index in [9.17, 15) is 0 Å². The van der Waals surface area contributed by atoms with Gasteiger partial charge in [-0.05, 0) is 23.7 Å². The number of benzene rings is 2. The van der Waals surface area contributed by atoms with Gasteiger partial charge in [-0.2, -0.15) is 0 Å². The van der Waals surface area contributed by atoms with Gasteiger partial charge in [-0.1, -0.05) is 91.8 Å². The number of nitrogens with zero attached hydrogens (tertiary/aromatic N) is 2. The van der Waals surface area contributed by atoms with Gasteiger partial charge in [0.1, 0.15) is 11.4 Å². The fraction of sp³-hybridized carbons (Fsp3) is 0.536. The van der Waals surface area contributed by atoms with Gasteiger partial charge < -0.3 is 0 Å². The van der Waals surface area contributed by atoms with Crippen LogP contribution in [-0.2, 0) is 0 Å². The lowest BCUT2D eigenvalue weighted by Crippen LogP contribution is -2.41. The van der Waals surface area contributed by atoms with E-state index in [1.165, 1.54) is 38.4 Å². The summed E-state index contributed by atoms with van der Waals surface area (Å²) in [6.07, 6.45) is 1.14. The van der Waals surface area contributed by atoms with Crippen molar-refractivity contribution in [3.8, 4) is 0 Å². The smallest absolute Gasteiger partial charge is 0.221 e. The zero-order chi connectivity index (χ0) is 22.9. The molecule has 0 aliphatic carbocycles. The largest absolute Gasteiger partial charge is 0.325 e. The topological polar surface area (TPSA) is 6.25 Å². The average Bonchev–Trinajstić information content (AvgIpc) is 2.72. The van der Waals surface area contributed by atoms with Crippen molar-refractivity contribution in [2.45, 2.75) is 85.5 Å². The Hall–Kier alpha value is -1.61. The number of amidine groups is 1. The van der Waals surface area contributed by atoms with Gasteiger partial charge in [0.2, 0.25) is 0 Å². The molecule has 2 aromatic carbocycles. The van der Waals surface area contributed by atoms with Gasteiger partial charge in [-0.15, -0.1) is 0 Å². The summed E-state index contributed by atoms with van der Waals surface area (Å²) in [5, 5.41) is 0. The second-order valence-corrected chi connectivity index (χ2v) is 10.8. The molecule has 1 aliphatic heterocycles. The molecule has 31 heavy (non-hydrogen) atoms. The quantitative estimate of drug-likeness (QED) is 0.294. The van der Waals surface area contributed by atoms with Crippen molar-refractivity contribution in [3.05, 3.63) is 58.7 Å². The third-order valence-corrected chi connectivity index (χ3v) is 7.29. The predicted molar refractivity (Wildman–Crippen MR) is 140 cm³/mol. The zero-order valence-corrected chi connectivity index (χ0v) is 22.3. The minimum absolute atomic E-state index is 0.485. The Morgan fingerprint density at radius 2 is 1.13 bits per heavy atom. The van der Waals surface area contributed by atoms with E-state index in [1.54, 1.807) is 0 Å². The first-order valence-corrected chi connectivity index (χ1v) is 12.8. The molecule has 0 saturated carbocycles. The zero-order valence-electron chi connectivity index (χ0n) is 20.7. The minimum Gasteiger partial charge on any atom is -0.221 e. The normalized spacial score (nSPS) is 15.2. The summed E-state index contributed by atoms with van der Waals surface area (Å²) < 4.78 is 3.72. The van der Waals surface area contributed by atoms with Crippen molar-refractivity contribution in [2.24, 2.45) is 0 Å². The van der Waals surface area contributed by atoms with E-state index < -0.39 is 0 Å². The molecule has 0 atom stereocenters. The van der Waals surface area contributed by atoms with Crippen molar-refractivity contribution < 1.29 is 4.58 Å². The Bertz CT molecular complexity index is 901. The molecule has 3 rings (SSSR count). The standard InChI is InChI=1S/C28H40BrN2/c1-18(2)22-12-9-13-23(19(3)4)26(22)30-16-11-17-31(28(30)29)27-24(20(5)6)14-10-15-25(27)21(7)8/h9-10,12-15,18-21H,11,16-17H2,1-8H3/q+1. The maximum Gasteiger partial charge on any atom is 0.325 e. The molecule has 0 saturated heterocycles. The third-order valence-electron chi connectivity index (χ3n) is 6.43. The van der Waals surface area contributed by atoms with E-state index in [1.807, 2.05) is 0 Å². The number of anilines is 1. The average molecular weight is 485 g/mol. The van der Waals surface area contributed by atoms with E-state index in [2.05, 4.69) is 117 Å². The molecule has 0 unspecified atom stereocenters. The van der Waals surface area contributed by atoms with Crippen LogP contribution in [0, 0.1) is 0 Å². The molecule has 2 nitrogen and oxygen atoms in total. The Kier molecular flexibility index (Phi) is 7.68. The Morgan fingerprint density at radius 1 is 0.710 bits per heavy atom. The van der Waals surface area contributed by atoms with Crippen molar-refractivity contribution in [1.29, 1.82) is 0 Å². The first-order chi connectivity index (χ1) is 14.6. The maximum absolute atomic E-state index is 4.10. The molecule has 0 aromatic heterocycles. The molecule has 0 fully saturated rings. The van der Waals surface area contributed by atoms with E-state index in [-0.39, 0.29) is 0 Å². The van der Waals surface area contributed by atoms with Crippen molar-refractivity contribution in [3.63, 3.8) is 0 Å². The van der Waals surface area contributed by atoms with Crippen LogP contribution in [0.1, 0.15) is 108 Å². The summed E-state index contributed by atoms with van der Waals surface area (Å²) in [4.78, 5) is 2.54. The van der Waals surface area contributed by atoms with Gasteiger partial charge in [0, 0.05) is 44.6 Å². The van der Waals surface area contributed by atoms with Crippen LogP contribution in [0.4, 0.5) is 11.4 Å². The van der Waals surface area contributed by atoms with Crippen LogP contribution in [0.3, 0.4) is 0 Å². The molecule has 0 bridgehead atoms. The first kappa shape index (κ1) is 24.0. The van der Waals surface area contributed by atoms with Gasteiger partial charge in [-0.25, -0.2) is 9.48 Å². The fourth-order valence-electron chi connectivity index (χ4n) is 4.77. The lowest BCUT2D eigenvalue weighted by atomic mass is 9.91. The molecule has 0 amide bonds. The minimum atomic E-state index is 0.485. The highest BCUT2D eigenvalue weighted by Gasteiger charge is 2.34. The van der Waals surface area contributed by atoms with Gasteiger partial charge in [0.05, 0.1) is 13.1 Å². The van der Waals surface area contributed by atoms with Gasteiger partial charge in [0.25, 0.3) is 0 Å². The van der Waals surface area contributed by atoms with Crippen LogP contribution in [-0.4, -0.2) is 22.4 Å². The summed E-state index contributed by atoms with van der Waals surface area (Å²) >= 11 is 4.10. The number of hydrogen-bond acceptors (Lipinski definition) is 1. The van der Waals surface area contributed by atoms with Gasteiger partial charge >= 0.3 is 4.74 Å². The highest BCUT2D eigenvalue weighted by molar-refractivity contribution is 9.18. The maximum atomic E-state index is 4.10. The lowest BCUT2D eigenvalue weighted by molar-refractivity contribution is -0.443. The number of hydrogen-bond donors (Lipinski definition) is 0. The Balaban J connectivity index is 2.28. The SMILES string of the molecule is CC(C)c1cccc(C(C)C)c1N1CCC[N+](c2c(C(C)C)cccc2C(C)C)=C1Br. The lowest BCUT2D eigenvalue weighted by Gasteiger charge is -2.30. The summed E-state index contributed by atoms with van der Waals surface area (Å²) in [7, 11) is 0. The molecule has 1 heterocycles. The molecule has 1 aliphatic rings. The number of halogens is 1. The van der Waals surface area contributed by atoms with Crippen molar-refractivity contribution >= 4 is 32.0 Å². The van der Waals surface area contributed by atoms with Gasteiger partial charge in [-0.3, -0.25) is 0 Å². The van der Waals surface area contributed by atoms with E-state index in [0.717, 1.165) is 19.5 Å². The van der Waals surface area contributed by atoms with E-state index >= 15 is 0 Å². The van der Waals surface area contributed by atoms with E-state index in [4.69, 9.17) is 0 Å². The van der Waals surface area contributed by atoms with Crippen molar-refractivity contribution in [2.75, 3.05) is 18.0 Å². The Morgan fingerprint density at radius 3 is 1.55 bits per heavy atom. The molecular formula is C28H40BrN2+. The highest BCUT2D eigenvalue weighted by Crippen LogP contribution is 2.40. The van der Waals surface area contributed by atoms with Crippen LogP contribution < -0.4 is 4.90 Å². The van der Waals surface area contributed by atoms with Gasteiger partial charge in [0.15, 0.2) is 0 Å². The van der Waals surface area contributed by atoms with Crippen LogP contribution in [0.2, 0.25) is 0 Å². The molecule has 168 valence electrons. The number of para-hydroxylation sites is 2. The predicted octanol–water partition coefficient (Wildman–Crippen LogP) is 8.49. The third kappa shape index (κ3) is 4.77. The number of rotatable bonds is 6.